The number of rotatable bonds is 24. The summed E-state index contributed by atoms with van der Waals surface area (Å²) in [7, 11) is 0. The van der Waals surface area contributed by atoms with E-state index in [-0.39, 0.29) is 137 Å². The van der Waals surface area contributed by atoms with E-state index in [9.17, 15) is 38.4 Å². The number of carbonyl (C=O) groups excluding carboxylic acids is 8. The average Bonchev–Trinajstić information content (AvgIpc) is 1.54. The van der Waals surface area contributed by atoms with E-state index in [1.165, 1.54) is 105 Å². The minimum absolute atomic E-state index is 0.0418. The Labute approximate surface area is 856 Å². The number of imide groups is 3. The predicted octanol–water partition coefficient (Wildman–Crippen LogP) is 20.4. The lowest BCUT2D eigenvalue weighted by Gasteiger charge is -2.47. The molecule has 15 saturated carbocycles. The highest BCUT2D eigenvalue weighted by Gasteiger charge is 2.71. The summed E-state index contributed by atoms with van der Waals surface area (Å²) in [5, 5.41) is 0. The number of nitrogens with zero attached hydrogens (tertiary/aromatic N) is 3. The Morgan fingerprint density at radius 1 is 0.315 bits per heavy atom. The van der Waals surface area contributed by atoms with E-state index in [4.69, 9.17) is 66.3 Å². The number of esters is 1. The molecule has 806 valence electrons. The second kappa shape index (κ2) is 43.9. The summed E-state index contributed by atoms with van der Waals surface area (Å²) in [6.45, 7) is 45.3. The summed E-state index contributed by atoms with van der Waals surface area (Å²) >= 11 is 0. The molecule has 24 aliphatic rings. The molecule has 6 amide bonds. The number of carbonyl (C=O) groups is 8. The van der Waals surface area contributed by atoms with Gasteiger partial charge in [0.05, 0.1) is 65.3 Å². The van der Waals surface area contributed by atoms with Crippen LogP contribution in [0.15, 0.2) is 0 Å². The molecular formula is C118H187N3O22. The van der Waals surface area contributed by atoms with Gasteiger partial charge in [0.15, 0.2) is 46.8 Å². The Morgan fingerprint density at radius 2 is 0.664 bits per heavy atom. The van der Waals surface area contributed by atoms with Crippen molar-refractivity contribution in [2.45, 2.75) is 402 Å². The lowest BCUT2D eigenvalue weighted by atomic mass is 9.60. The molecule has 39 unspecified atom stereocenters. The van der Waals surface area contributed by atoms with Crippen molar-refractivity contribution >= 4 is 47.2 Å². The summed E-state index contributed by atoms with van der Waals surface area (Å²) in [6, 6.07) is 0. The van der Waals surface area contributed by atoms with E-state index >= 15 is 0 Å². The van der Waals surface area contributed by atoms with Crippen molar-refractivity contribution in [2.24, 2.45) is 207 Å². The third-order valence-electron chi connectivity index (χ3n) is 44.3. The molecule has 24 fully saturated rings. The summed E-state index contributed by atoms with van der Waals surface area (Å²) in [5.74, 6) is 19.8. The molecule has 9 heterocycles. The molecule has 12 bridgehead atoms. The number of unbranched alkanes of at least 4 members (excludes halogenated alkanes) is 4. The van der Waals surface area contributed by atoms with Crippen LogP contribution < -0.4 is 0 Å². The van der Waals surface area contributed by atoms with E-state index < -0.39 is 23.1 Å². The van der Waals surface area contributed by atoms with Crippen molar-refractivity contribution < 1.29 is 105 Å². The fourth-order valence-corrected chi connectivity index (χ4v) is 35.5. The maximum Gasteiger partial charge on any atom is 0.309 e. The van der Waals surface area contributed by atoms with Gasteiger partial charge in [-0.15, -0.1) is 0 Å². The van der Waals surface area contributed by atoms with Gasteiger partial charge in [0.25, 0.3) is 0 Å². The van der Waals surface area contributed by atoms with Crippen LogP contribution in [0.4, 0.5) is 0 Å². The molecule has 9 aliphatic heterocycles. The number of hydrogen-bond donors (Lipinski definition) is 0. The smallest absolute Gasteiger partial charge is 0.309 e. The number of hydrogen-bond acceptors (Lipinski definition) is 22. The first-order valence-electron chi connectivity index (χ1n) is 59.1. The molecule has 0 aromatic rings. The Bertz CT molecular complexity index is 4350. The van der Waals surface area contributed by atoms with Gasteiger partial charge in [-0.3, -0.25) is 53.1 Å². The first-order chi connectivity index (χ1) is 68.4. The molecule has 143 heavy (non-hydrogen) atoms. The minimum Gasteiger partial charge on any atom is -0.463 e. The van der Waals surface area contributed by atoms with Crippen molar-refractivity contribution in [1.29, 1.82) is 0 Å². The summed E-state index contributed by atoms with van der Waals surface area (Å²) in [6.07, 6.45) is 38.7. The first kappa shape index (κ1) is 107. The molecule has 25 heteroatoms. The summed E-state index contributed by atoms with van der Waals surface area (Å²) < 4.78 is 83.9. The van der Waals surface area contributed by atoms with Gasteiger partial charge in [-0.25, -0.2) is 0 Å². The van der Waals surface area contributed by atoms with Crippen LogP contribution in [0.3, 0.4) is 0 Å². The zero-order chi connectivity index (χ0) is 101. The van der Waals surface area contributed by atoms with Crippen molar-refractivity contribution in [3.63, 3.8) is 0 Å². The Balaban J connectivity index is 0.000000109. The van der Waals surface area contributed by atoms with Gasteiger partial charge in [-0.1, -0.05) is 149 Å². The lowest BCUT2D eigenvalue weighted by Crippen LogP contribution is -2.48. The second-order valence-corrected chi connectivity index (χ2v) is 52.2. The minimum atomic E-state index is -0.566. The third-order valence-corrected chi connectivity index (χ3v) is 44.3. The molecule has 3 spiro atoms. The van der Waals surface area contributed by atoms with Crippen LogP contribution in [0.25, 0.3) is 0 Å². The quantitative estimate of drug-likeness (QED) is 0.0376. The molecule has 0 aromatic heterocycles. The molecule has 25 nitrogen and oxygen atoms in total. The normalized spacial score (nSPS) is 46.9. The molecule has 39 atom stereocenters. The van der Waals surface area contributed by atoms with Crippen LogP contribution in [0, 0.1) is 207 Å². The largest absolute Gasteiger partial charge is 0.463 e. The number of likely N-dealkylation sites (tertiary alicyclic amines) is 3. The molecule has 0 aromatic carbocycles. The number of amides is 6. The fraction of sp³-hybridized carbons (Fsp3) is 0.932. The maximum absolute atomic E-state index is 13.1. The fourth-order valence-electron chi connectivity index (χ4n) is 35.5. The second-order valence-electron chi connectivity index (χ2n) is 52.2. The molecule has 0 radical (unpaired) electrons. The number of ketones is 1. The maximum atomic E-state index is 13.1. The van der Waals surface area contributed by atoms with Gasteiger partial charge < -0.3 is 66.3 Å². The Kier molecular flexibility index (Phi) is 33.0. The van der Waals surface area contributed by atoms with Crippen LogP contribution in [0.5, 0.6) is 0 Å². The SMILES string of the molecule is CC1C(=O)N(CC2COC3(CCCCC3)O2)C(=O)C1C.CC1C(=O)N(CC2COC3(CCCCC3)OC2)C(=O)C1C.CC1C(C)C2CC1C1C3CC(C(=O)COC4COC5(CCCCC5)O4)C(C3)C21.CCCCC1(C)OCC(CN2C(=O)C(C)C(C)C2=O)O1.CCCCC1(C)OCC(COC(=O)C2CC3CC2C2C4CC(C(C)C4C)C32)O1.CCCCCC1(C)OCC(C2CC3CC2C2C4CC(C(C)C4C)C32)CO1. The number of ether oxygens (including phenoxy) is 14. The number of Topliss-reactive ketones (excluding diaryl/α,β-unsaturated/α-hetero) is 1. The Morgan fingerprint density at radius 3 is 1.13 bits per heavy atom. The van der Waals surface area contributed by atoms with Gasteiger partial charge in [0.1, 0.15) is 38.1 Å². The van der Waals surface area contributed by atoms with Gasteiger partial charge in [-0.2, -0.15) is 0 Å². The van der Waals surface area contributed by atoms with Gasteiger partial charge in [0.2, 0.25) is 35.4 Å². The van der Waals surface area contributed by atoms with E-state index in [0.717, 1.165) is 271 Å². The predicted molar refractivity (Wildman–Crippen MR) is 537 cm³/mol. The van der Waals surface area contributed by atoms with Crippen molar-refractivity contribution in [2.75, 3.05) is 85.7 Å². The monoisotopic (exact) mass is 2000 g/mol. The number of fused-ring (bicyclic) bond motifs is 27. The van der Waals surface area contributed by atoms with E-state index in [2.05, 4.69) is 69.2 Å². The van der Waals surface area contributed by atoms with E-state index in [0.29, 0.717) is 89.4 Å². The molecular weight excluding hydrogens is 1810 g/mol. The lowest BCUT2D eigenvalue weighted by molar-refractivity contribution is -0.295. The van der Waals surface area contributed by atoms with Gasteiger partial charge >= 0.3 is 5.97 Å². The van der Waals surface area contributed by atoms with E-state index in [1.807, 2.05) is 55.4 Å². The standard InChI is InChI=1S/C24H36O4.C24H38O4.C24H40O2.C16H25NO4.C15H23NO4.C15H25NO4/c1-13-14(2)17-10-16(13)22-15-8-18(19(9-15)23(17)22)20(25)11-26-21-12-27-24(28-21)6-4-3-5-7-24;1-5-6-7-24(4)27-12-16(28-24)11-26-23(25)20-9-15-8-19(20)22-18-10-17(21(15)22)13(2)14(18)3;1-5-6-7-8-24(4)25-12-17(13-26-24)20-9-16-10-21(20)23-19-11-18(22(16)23)14(2)15(19)3;1-11-12(2)15(19)17(14(11)18)8-13-9-20-16(21-10-13)6-4-3-5-7-16;1-10-11(2)14(18)16(13(10)17)8-12-9-19-15(20-12)6-4-3-5-7-15;1-5-6-7-15(4)19-9-12(20-15)8-16-13(17)10(2)11(3)14(16)18/h13-19,21-23H,3-12H2,1-2H3;13-22H,5-12H2,1-4H3;14-23H,5-13H2,1-4H3;11-13H,3-10H2,1-2H3;10-12H,3-9H2,1-2H3;10-12H,5-9H2,1-4H3. The van der Waals surface area contributed by atoms with Crippen LogP contribution in [0.1, 0.15) is 343 Å². The van der Waals surface area contributed by atoms with Crippen molar-refractivity contribution in [1.82, 2.24) is 14.7 Å². The van der Waals surface area contributed by atoms with Gasteiger partial charge in [0, 0.05) is 118 Å². The highest BCUT2D eigenvalue weighted by atomic mass is 16.8. The zero-order valence-corrected chi connectivity index (χ0v) is 91.1. The highest BCUT2D eigenvalue weighted by molar-refractivity contribution is 6.06. The third kappa shape index (κ3) is 21.1. The molecule has 24 rings (SSSR count). The van der Waals surface area contributed by atoms with E-state index in [1.54, 1.807) is 6.42 Å². The average molecular weight is 2000 g/mol. The molecule has 15 aliphatic carbocycles. The highest BCUT2D eigenvalue weighted by Crippen LogP contribution is 2.75. The summed E-state index contributed by atoms with van der Waals surface area (Å²) in [4.78, 5) is 103. The topological polar surface area (TPSA) is 275 Å². The zero-order valence-electron chi connectivity index (χ0n) is 91.1. The van der Waals surface area contributed by atoms with Crippen LogP contribution in [0.2, 0.25) is 0 Å². The Hall–Kier alpha value is -3.96. The molecule has 0 N–H and O–H groups in total. The van der Waals surface area contributed by atoms with Crippen molar-refractivity contribution in [3.05, 3.63) is 0 Å². The summed E-state index contributed by atoms with van der Waals surface area (Å²) in [5.41, 5.74) is 0. The molecule has 9 saturated heterocycles. The van der Waals surface area contributed by atoms with Crippen LogP contribution >= 0.6 is 0 Å². The van der Waals surface area contributed by atoms with Gasteiger partial charge in [-0.05, 0) is 284 Å². The first-order valence-corrected chi connectivity index (χ1v) is 59.1. The van der Waals surface area contributed by atoms with Crippen LogP contribution in [-0.4, -0.2) is 207 Å². The van der Waals surface area contributed by atoms with Crippen molar-refractivity contribution in [3.8, 4) is 0 Å². The van der Waals surface area contributed by atoms with Crippen LogP contribution in [-0.2, 0) is 105 Å².